The molecule has 1 aliphatic carbocycles. The van der Waals surface area contributed by atoms with E-state index in [4.69, 9.17) is 10.2 Å². The van der Waals surface area contributed by atoms with E-state index in [1.165, 1.54) is 0 Å². The number of alkyl halides is 2. The van der Waals surface area contributed by atoms with Crippen LogP contribution in [0.4, 0.5) is 8.78 Å². The molecule has 1 fully saturated rings. The Morgan fingerprint density at radius 2 is 1.50 bits per heavy atom. The molecule has 10 heavy (non-hydrogen) atoms. The Kier molecular flexibility index (Phi) is 1.68. The monoisotopic (exact) mass is 152 g/mol. The van der Waals surface area contributed by atoms with E-state index < -0.39 is 11.3 Å². The lowest BCUT2D eigenvalue weighted by Gasteiger charge is -2.44. The molecule has 0 spiro atoms. The largest absolute Gasteiger partial charge is 0.396 e. The Balaban J connectivity index is 2.46. The quantitative estimate of drug-likeness (QED) is 0.600. The Labute approximate surface area is 57.5 Å². The van der Waals surface area contributed by atoms with E-state index in [0.29, 0.717) is 0 Å². The maximum absolute atomic E-state index is 12.2. The van der Waals surface area contributed by atoms with E-state index in [0.717, 1.165) is 0 Å². The van der Waals surface area contributed by atoms with Crippen molar-refractivity contribution in [2.45, 2.75) is 18.8 Å². The molecule has 4 heteroatoms. The summed E-state index contributed by atoms with van der Waals surface area (Å²) in [7, 11) is 0. The summed E-state index contributed by atoms with van der Waals surface area (Å²) in [5.41, 5.74) is -0.899. The lowest BCUT2D eigenvalue weighted by atomic mass is 9.67. The predicted octanol–water partition coefficient (Wildman–Crippen LogP) is 0.387. The molecule has 1 saturated carbocycles. The Morgan fingerprint density at radius 1 is 1.10 bits per heavy atom. The minimum absolute atomic E-state index is 0.348. The third-order valence-corrected chi connectivity index (χ3v) is 1.94. The van der Waals surface area contributed by atoms with Crippen molar-refractivity contribution in [3.8, 4) is 0 Å². The summed E-state index contributed by atoms with van der Waals surface area (Å²) in [5, 5.41) is 17.2. The molecule has 0 aromatic carbocycles. The third kappa shape index (κ3) is 1.13. The van der Waals surface area contributed by atoms with Crippen LogP contribution in [0, 0.1) is 5.41 Å². The van der Waals surface area contributed by atoms with E-state index in [-0.39, 0.29) is 26.1 Å². The van der Waals surface area contributed by atoms with E-state index in [2.05, 4.69) is 0 Å². The molecular formula is C6H10F2O2. The fraction of sp³-hybridized carbons (Fsp3) is 1.00. The molecule has 60 valence electrons. The van der Waals surface area contributed by atoms with Crippen LogP contribution in [-0.2, 0) is 0 Å². The Bertz CT molecular complexity index is 122. The topological polar surface area (TPSA) is 40.5 Å². The molecule has 0 atom stereocenters. The third-order valence-electron chi connectivity index (χ3n) is 1.94. The minimum Gasteiger partial charge on any atom is -0.396 e. The fourth-order valence-corrected chi connectivity index (χ4v) is 1.32. The van der Waals surface area contributed by atoms with Crippen molar-refractivity contribution in [1.29, 1.82) is 0 Å². The number of rotatable bonds is 2. The zero-order valence-corrected chi connectivity index (χ0v) is 5.48. The molecule has 0 aliphatic heterocycles. The molecule has 2 nitrogen and oxygen atoms in total. The highest BCUT2D eigenvalue weighted by Gasteiger charge is 2.55. The normalized spacial score (nSPS) is 27.6. The highest BCUT2D eigenvalue weighted by Crippen LogP contribution is 2.51. The zero-order chi connectivity index (χ0) is 7.83. The van der Waals surface area contributed by atoms with Gasteiger partial charge < -0.3 is 10.2 Å². The molecule has 0 heterocycles. The van der Waals surface area contributed by atoms with Crippen LogP contribution in [0.25, 0.3) is 0 Å². The summed E-state index contributed by atoms with van der Waals surface area (Å²) in [6.45, 7) is -0.696. The lowest BCUT2D eigenvalue weighted by Crippen LogP contribution is -2.50. The van der Waals surface area contributed by atoms with Crippen molar-refractivity contribution in [3.05, 3.63) is 0 Å². The smallest absolute Gasteiger partial charge is 0.249 e. The van der Waals surface area contributed by atoms with Crippen molar-refractivity contribution in [2.24, 2.45) is 5.41 Å². The van der Waals surface area contributed by atoms with Gasteiger partial charge in [-0.25, -0.2) is 8.78 Å². The average Bonchev–Trinajstić information content (AvgIpc) is 1.82. The molecule has 0 saturated heterocycles. The van der Waals surface area contributed by atoms with Crippen LogP contribution in [0.3, 0.4) is 0 Å². The second kappa shape index (κ2) is 2.13. The van der Waals surface area contributed by atoms with Crippen molar-refractivity contribution in [1.82, 2.24) is 0 Å². The summed E-state index contributed by atoms with van der Waals surface area (Å²) in [4.78, 5) is 0. The molecule has 0 unspecified atom stereocenters. The lowest BCUT2D eigenvalue weighted by molar-refractivity contribution is -0.190. The second-order valence-corrected chi connectivity index (χ2v) is 3.03. The van der Waals surface area contributed by atoms with Crippen LogP contribution < -0.4 is 0 Å². The zero-order valence-electron chi connectivity index (χ0n) is 5.48. The first-order valence-electron chi connectivity index (χ1n) is 3.13. The Morgan fingerprint density at radius 3 is 1.60 bits per heavy atom. The molecule has 2 N–H and O–H groups in total. The molecular weight excluding hydrogens is 142 g/mol. The van der Waals surface area contributed by atoms with Gasteiger partial charge in [0.2, 0.25) is 5.92 Å². The molecule has 0 bridgehead atoms. The van der Waals surface area contributed by atoms with Gasteiger partial charge in [0, 0.05) is 18.3 Å². The van der Waals surface area contributed by atoms with Gasteiger partial charge in [-0.2, -0.15) is 0 Å². The van der Waals surface area contributed by atoms with Gasteiger partial charge in [-0.05, 0) is 0 Å². The maximum atomic E-state index is 12.2. The summed E-state index contributed by atoms with van der Waals surface area (Å²) < 4.78 is 24.4. The van der Waals surface area contributed by atoms with Gasteiger partial charge in [-0.3, -0.25) is 0 Å². The van der Waals surface area contributed by atoms with Gasteiger partial charge in [0.25, 0.3) is 0 Å². The van der Waals surface area contributed by atoms with E-state index in [9.17, 15) is 8.78 Å². The first-order chi connectivity index (χ1) is 4.54. The van der Waals surface area contributed by atoms with Gasteiger partial charge in [0.05, 0.1) is 13.2 Å². The summed E-state index contributed by atoms with van der Waals surface area (Å²) in [6, 6.07) is 0. The molecule has 1 rings (SSSR count). The van der Waals surface area contributed by atoms with Crippen molar-refractivity contribution < 1.29 is 19.0 Å². The summed E-state index contributed by atoms with van der Waals surface area (Å²) in [6.07, 6.45) is -0.764. The number of aliphatic hydroxyl groups excluding tert-OH is 2. The van der Waals surface area contributed by atoms with Gasteiger partial charge in [0.15, 0.2) is 0 Å². The maximum Gasteiger partial charge on any atom is 0.249 e. The van der Waals surface area contributed by atoms with E-state index in [1.54, 1.807) is 0 Å². The predicted molar refractivity (Wildman–Crippen MR) is 30.8 cm³/mol. The number of hydrogen-bond donors (Lipinski definition) is 2. The molecule has 1 aliphatic rings. The van der Waals surface area contributed by atoms with Crippen LogP contribution in [0.1, 0.15) is 12.8 Å². The van der Waals surface area contributed by atoms with Crippen LogP contribution >= 0.6 is 0 Å². The number of halogens is 2. The number of aliphatic hydroxyl groups is 2. The highest BCUT2D eigenvalue weighted by atomic mass is 19.3. The highest BCUT2D eigenvalue weighted by molar-refractivity contribution is 4.98. The van der Waals surface area contributed by atoms with Crippen molar-refractivity contribution >= 4 is 0 Å². The van der Waals surface area contributed by atoms with Crippen LogP contribution in [-0.4, -0.2) is 29.3 Å². The van der Waals surface area contributed by atoms with Crippen LogP contribution in [0.15, 0.2) is 0 Å². The first kappa shape index (κ1) is 7.88. The molecule has 0 aromatic rings. The fourth-order valence-electron chi connectivity index (χ4n) is 1.32. The SMILES string of the molecule is OCC1(CO)CC(F)(F)C1. The molecule has 0 aromatic heterocycles. The van der Waals surface area contributed by atoms with Gasteiger partial charge >= 0.3 is 0 Å². The summed E-state index contributed by atoms with van der Waals surface area (Å²) in [5.74, 6) is -2.66. The van der Waals surface area contributed by atoms with E-state index >= 15 is 0 Å². The van der Waals surface area contributed by atoms with Gasteiger partial charge in [0.1, 0.15) is 0 Å². The number of hydrogen-bond acceptors (Lipinski definition) is 2. The van der Waals surface area contributed by atoms with Gasteiger partial charge in [-0.15, -0.1) is 0 Å². The minimum atomic E-state index is -2.66. The Hall–Kier alpha value is -0.220. The standard InChI is InChI=1S/C6H10F2O2/c7-6(8)1-5(2-6,3-9)4-10/h9-10H,1-4H2. The van der Waals surface area contributed by atoms with Crippen LogP contribution in [0.2, 0.25) is 0 Å². The average molecular weight is 152 g/mol. The molecule has 0 radical (unpaired) electrons. The first-order valence-corrected chi connectivity index (χ1v) is 3.13. The van der Waals surface area contributed by atoms with Crippen molar-refractivity contribution in [3.63, 3.8) is 0 Å². The van der Waals surface area contributed by atoms with Crippen LogP contribution in [0.5, 0.6) is 0 Å². The van der Waals surface area contributed by atoms with Crippen molar-refractivity contribution in [2.75, 3.05) is 13.2 Å². The molecule has 0 amide bonds. The van der Waals surface area contributed by atoms with Gasteiger partial charge in [-0.1, -0.05) is 0 Å². The van der Waals surface area contributed by atoms with E-state index in [1.807, 2.05) is 0 Å². The summed E-state index contributed by atoms with van der Waals surface area (Å²) >= 11 is 0. The second-order valence-electron chi connectivity index (χ2n) is 3.03.